The molecule has 2 nitrogen and oxygen atoms in total. The first-order chi connectivity index (χ1) is 4.31. The smallest absolute Gasteiger partial charge is 0.166 e. The van der Waals surface area contributed by atoms with E-state index in [1.165, 1.54) is 0 Å². The molecule has 0 heterocycles. The van der Waals surface area contributed by atoms with Crippen molar-refractivity contribution in [3.8, 4) is 0 Å². The second-order valence-corrected chi connectivity index (χ2v) is 2.37. The Labute approximate surface area is 66.8 Å². The van der Waals surface area contributed by atoms with Crippen molar-refractivity contribution in [1.29, 1.82) is 0 Å². The van der Waals surface area contributed by atoms with Crippen LogP contribution in [0.15, 0.2) is 0 Å². The zero-order valence-corrected chi connectivity index (χ0v) is 7.19. The van der Waals surface area contributed by atoms with Gasteiger partial charge in [0, 0.05) is 18.8 Å². The van der Waals surface area contributed by atoms with Crippen LogP contribution in [0.5, 0.6) is 0 Å². The van der Waals surface area contributed by atoms with Crippen molar-refractivity contribution in [2.45, 2.75) is 6.92 Å². The minimum absolute atomic E-state index is 0.714. The molecule has 0 aliphatic carbocycles. The molecule has 0 atom stereocenters. The second kappa shape index (κ2) is 6.16. The minimum atomic E-state index is 0.714. The van der Waals surface area contributed by atoms with E-state index in [4.69, 9.17) is 12.2 Å². The molecule has 54 valence electrons. The van der Waals surface area contributed by atoms with Gasteiger partial charge in [-0.05, 0) is 19.1 Å². The third-order valence-corrected chi connectivity index (χ3v) is 1.25. The van der Waals surface area contributed by atoms with Crippen LogP contribution in [0.25, 0.3) is 0 Å². The van der Waals surface area contributed by atoms with Crippen LogP contribution < -0.4 is 10.6 Å². The molecule has 0 aromatic rings. The van der Waals surface area contributed by atoms with Gasteiger partial charge in [0.05, 0.1) is 0 Å². The van der Waals surface area contributed by atoms with Gasteiger partial charge in [-0.15, -0.1) is 0 Å². The molecule has 0 spiro atoms. The Morgan fingerprint density at radius 1 is 1.56 bits per heavy atom. The fourth-order valence-electron chi connectivity index (χ4n) is 0.392. The summed E-state index contributed by atoms with van der Waals surface area (Å²) in [5.74, 6) is 0.811. The van der Waals surface area contributed by atoms with Crippen LogP contribution in [-0.2, 0) is 0 Å². The normalized spacial score (nSPS) is 8.67. The van der Waals surface area contributed by atoms with E-state index in [0.717, 1.165) is 18.8 Å². The Hall–Kier alpha value is 0.0400. The SMILES string of the molecule is CCNC(=S)NCCS. The zero-order valence-electron chi connectivity index (χ0n) is 5.48. The Kier molecular flexibility index (Phi) is 6.19. The van der Waals surface area contributed by atoms with Crippen molar-refractivity contribution in [2.24, 2.45) is 0 Å². The molecule has 0 aromatic heterocycles. The maximum atomic E-state index is 4.86. The summed E-state index contributed by atoms with van der Waals surface area (Å²) in [5, 5.41) is 6.66. The van der Waals surface area contributed by atoms with Gasteiger partial charge in [-0.25, -0.2) is 0 Å². The van der Waals surface area contributed by atoms with Crippen molar-refractivity contribution in [1.82, 2.24) is 10.6 Å². The Morgan fingerprint density at radius 2 is 2.22 bits per heavy atom. The first-order valence-electron chi connectivity index (χ1n) is 2.93. The van der Waals surface area contributed by atoms with E-state index in [0.29, 0.717) is 5.11 Å². The number of rotatable bonds is 3. The molecule has 0 rings (SSSR count). The summed E-state index contributed by atoms with van der Waals surface area (Å²) in [5.41, 5.74) is 0. The lowest BCUT2D eigenvalue weighted by atomic mass is 10.7. The van der Waals surface area contributed by atoms with Crippen molar-refractivity contribution < 1.29 is 0 Å². The van der Waals surface area contributed by atoms with Gasteiger partial charge in [0.2, 0.25) is 0 Å². The third-order valence-electron chi connectivity index (χ3n) is 0.735. The van der Waals surface area contributed by atoms with Gasteiger partial charge in [-0.3, -0.25) is 0 Å². The van der Waals surface area contributed by atoms with Gasteiger partial charge in [-0.1, -0.05) is 0 Å². The average molecular weight is 164 g/mol. The van der Waals surface area contributed by atoms with Crippen molar-refractivity contribution in [3.05, 3.63) is 0 Å². The highest BCUT2D eigenvalue weighted by Crippen LogP contribution is 1.69. The summed E-state index contributed by atoms with van der Waals surface area (Å²) in [6.07, 6.45) is 0. The number of hydrogen-bond acceptors (Lipinski definition) is 2. The largest absolute Gasteiger partial charge is 0.363 e. The van der Waals surface area contributed by atoms with Gasteiger partial charge in [0.15, 0.2) is 5.11 Å². The lowest BCUT2D eigenvalue weighted by molar-refractivity contribution is 0.888. The molecule has 2 N–H and O–H groups in total. The first kappa shape index (κ1) is 9.04. The molecular formula is C5H12N2S2. The summed E-state index contributed by atoms with van der Waals surface area (Å²) in [4.78, 5) is 0. The molecule has 9 heavy (non-hydrogen) atoms. The molecule has 0 aromatic carbocycles. The number of thiocarbonyl (C=S) groups is 1. The molecule has 0 fully saturated rings. The topological polar surface area (TPSA) is 24.1 Å². The lowest BCUT2D eigenvalue weighted by Gasteiger charge is -2.05. The molecule has 0 saturated heterocycles. The minimum Gasteiger partial charge on any atom is -0.363 e. The third kappa shape index (κ3) is 5.92. The Balaban J connectivity index is 3.06. The Morgan fingerprint density at radius 3 is 2.67 bits per heavy atom. The van der Waals surface area contributed by atoms with Gasteiger partial charge in [0.25, 0.3) is 0 Å². The van der Waals surface area contributed by atoms with Crippen LogP contribution in [0.4, 0.5) is 0 Å². The van der Waals surface area contributed by atoms with Crippen LogP contribution in [0.2, 0.25) is 0 Å². The van der Waals surface area contributed by atoms with Gasteiger partial charge < -0.3 is 10.6 Å². The molecule has 0 aliphatic heterocycles. The predicted octanol–water partition coefficient (Wildman–Crippen LogP) is 0.400. The lowest BCUT2D eigenvalue weighted by Crippen LogP contribution is -2.35. The van der Waals surface area contributed by atoms with Crippen LogP contribution >= 0.6 is 24.8 Å². The van der Waals surface area contributed by atoms with Crippen molar-refractivity contribution in [2.75, 3.05) is 18.8 Å². The van der Waals surface area contributed by atoms with E-state index in [2.05, 4.69) is 23.3 Å². The van der Waals surface area contributed by atoms with Crippen molar-refractivity contribution >= 4 is 30.0 Å². The standard InChI is InChI=1S/C5H12N2S2/c1-2-6-5(9)7-3-4-8/h8H,2-4H2,1H3,(H2,6,7,9). The van der Waals surface area contributed by atoms with Crippen molar-refractivity contribution in [3.63, 3.8) is 0 Å². The van der Waals surface area contributed by atoms with E-state index in [1.807, 2.05) is 6.92 Å². The monoisotopic (exact) mass is 164 g/mol. The average Bonchev–Trinajstić information content (AvgIpc) is 1.85. The maximum Gasteiger partial charge on any atom is 0.166 e. The number of hydrogen-bond donors (Lipinski definition) is 3. The molecule has 0 saturated carbocycles. The zero-order chi connectivity index (χ0) is 7.11. The Bertz CT molecular complexity index is 85.0. The highest BCUT2D eigenvalue weighted by atomic mass is 32.1. The number of thiol groups is 1. The highest BCUT2D eigenvalue weighted by molar-refractivity contribution is 7.80. The fourth-order valence-corrected chi connectivity index (χ4v) is 0.751. The molecule has 0 radical (unpaired) electrons. The van der Waals surface area contributed by atoms with Gasteiger partial charge in [-0.2, -0.15) is 12.6 Å². The summed E-state index contributed by atoms with van der Waals surface area (Å²) >= 11 is 8.88. The van der Waals surface area contributed by atoms with Crippen LogP contribution in [0, 0.1) is 0 Å². The summed E-state index contributed by atoms with van der Waals surface area (Å²) in [6, 6.07) is 0. The molecule has 0 amide bonds. The summed E-state index contributed by atoms with van der Waals surface area (Å²) < 4.78 is 0. The molecule has 4 heteroatoms. The van der Waals surface area contributed by atoms with E-state index < -0.39 is 0 Å². The molecular weight excluding hydrogens is 152 g/mol. The molecule has 0 bridgehead atoms. The van der Waals surface area contributed by atoms with Gasteiger partial charge in [0.1, 0.15) is 0 Å². The van der Waals surface area contributed by atoms with E-state index in [-0.39, 0.29) is 0 Å². The van der Waals surface area contributed by atoms with E-state index >= 15 is 0 Å². The fraction of sp³-hybridized carbons (Fsp3) is 0.800. The van der Waals surface area contributed by atoms with Crippen LogP contribution in [0.3, 0.4) is 0 Å². The first-order valence-corrected chi connectivity index (χ1v) is 3.98. The quantitative estimate of drug-likeness (QED) is 0.416. The summed E-state index contributed by atoms with van der Waals surface area (Å²) in [6.45, 7) is 3.71. The van der Waals surface area contributed by atoms with Crippen LogP contribution in [-0.4, -0.2) is 24.0 Å². The number of nitrogens with one attached hydrogen (secondary N) is 2. The van der Waals surface area contributed by atoms with E-state index in [9.17, 15) is 0 Å². The predicted molar refractivity (Wildman–Crippen MR) is 48.1 cm³/mol. The molecule has 0 aliphatic rings. The second-order valence-electron chi connectivity index (χ2n) is 1.51. The van der Waals surface area contributed by atoms with Gasteiger partial charge >= 0.3 is 0 Å². The molecule has 0 unspecified atom stereocenters. The summed E-state index contributed by atoms with van der Waals surface area (Å²) in [7, 11) is 0. The van der Waals surface area contributed by atoms with Crippen LogP contribution in [0.1, 0.15) is 6.92 Å². The van der Waals surface area contributed by atoms with E-state index in [1.54, 1.807) is 0 Å². The maximum absolute atomic E-state index is 4.86. The highest BCUT2D eigenvalue weighted by Gasteiger charge is 1.87.